The lowest BCUT2D eigenvalue weighted by molar-refractivity contribution is -0.125. The standard InChI is InChI=1S/C16H24N2O2/c1-11-4-2-5-12(8-11)6-3-7-18-16(20)13-9-14(17)15(19)10-13/h2,4-5,8,13-15,19H,3,6-7,9-10,17H2,1H3,(H,18,20)/t13-,14+,15+/m0/s1. The summed E-state index contributed by atoms with van der Waals surface area (Å²) in [6.45, 7) is 2.76. The summed E-state index contributed by atoms with van der Waals surface area (Å²) in [5.41, 5.74) is 8.29. The lowest BCUT2D eigenvalue weighted by Gasteiger charge is -2.10. The maximum absolute atomic E-state index is 11.9. The molecule has 0 saturated heterocycles. The van der Waals surface area contributed by atoms with Gasteiger partial charge in [0.05, 0.1) is 6.10 Å². The summed E-state index contributed by atoms with van der Waals surface area (Å²) in [6, 6.07) is 8.18. The van der Waals surface area contributed by atoms with Gasteiger partial charge in [-0.1, -0.05) is 29.8 Å². The number of amides is 1. The minimum absolute atomic E-state index is 0.0289. The van der Waals surface area contributed by atoms with Crippen LogP contribution in [0.2, 0.25) is 0 Å². The van der Waals surface area contributed by atoms with E-state index in [0.717, 1.165) is 12.8 Å². The Kier molecular flexibility index (Phi) is 5.15. The Morgan fingerprint density at radius 2 is 2.25 bits per heavy atom. The van der Waals surface area contributed by atoms with E-state index in [1.54, 1.807) is 0 Å². The highest BCUT2D eigenvalue weighted by Gasteiger charge is 2.34. The highest BCUT2D eigenvalue weighted by molar-refractivity contribution is 5.79. The van der Waals surface area contributed by atoms with Crippen molar-refractivity contribution in [1.29, 1.82) is 0 Å². The summed E-state index contributed by atoms with van der Waals surface area (Å²) in [6.07, 6.45) is 2.44. The largest absolute Gasteiger partial charge is 0.391 e. The van der Waals surface area contributed by atoms with Crippen LogP contribution in [0.4, 0.5) is 0 Å². The molecule has 1 saturated carbocycles. The average molecular weight is 276 g/mol. The maximum Gasteiger partial charge on any atom is 0.223 e. The fourth-order valence-corrected chi connectivity index (χ4v) is 2.78. The first-order valence-electron chi connectivity index (χ1n) is 7.33. The molecule has 0 unspecified atom stereocenters. The zero-order valence-electron chi connectivity index (χ0n) is 12.0. The van der Waals surface area contributed by atoms with E-state index in [1.807, 2.05) is 0 Å². The number of nitrogens with two attached hydrogens (primary N) is 1. The normalized spacial score (nSPS) is 25.6. The van der Waals surface area contributed by atoms with Crippen LogP contribution in [0.15, 0.2) is 24.3 Å². The molecule has 4 N–H and O–H groups in total. The molecule has 110 valence electrons. The number of rotatable bonds is 5. The quantitative estimate of drug-likeness (QED) is 0.706. The lowest BCUT2D eigenvalue weighted by Crippen LogP contribution is -2.31. The molecule has 0 heterocycles. The number of aryl methyl sites for hydroxylation is 2. The van der Waals surface area contributed by atoms with Gasteiger partial charge in [0.15, 0.2) is 0 Å². The van der Waals surface area contributed by atoms with E-state index in [4.69, 9.17) is 5.73 Å². The minimum atomic E-state index is -0.530. The Labute approximate surface area is 120 Å². The number of carbonyl (C=O) groups excluding carboxylic acids is 1. The lowest BCUT2D eigenvalue weighted by atomic mass is 10.1. The second-order valence-electron chi connectivity index (χ2n) is 5.78. The van der Waals surface area contributed by atoms with Crippen molar-refractivity contribution in [1.82, 2.24) is 5.32 Å². The van der Waals surface area contributed by atoms with Gasteiger partial charge in [-0.05, 0) is 38.2 Å². The van der Waals surface area contributed by atoms with Gasteiger partial charge in [-0.15, -0.1) is 0 Å². The van der Waals surface area contributed by atoms with Crippen molar-refractivity contribution in [3.63, 3.8) is 0 Å². The molecule has 1 aliphatic rings. The second-order valence-corrected chi connectivity index (χ2v) is 5.78. The van der Waals surface area contributed by atoms with Crippen LogP contribution in [-0.2, 0) is 11.2 Å². The van der Waals surface area contributed by atoms with E-state index in [-0.39, 0.29) is 17.9 Å². The summed E-state index contributed by atoms with van der Waals surface area (Å²) < 4.78 is 0. The summed E-state index contributed by atoms with van der Waals surface area (Å²) in [7, 11) is 0. The number of hydrogen-bond acceptors (Lipinski definition) is 3. The summed E-state index contributed by atoms with van der Waals surface area (Å²) in [4.78, 5) is 11.9. The van der Waals surface area contributed by atoms with E-state index in [2.05, 4.69) is 36.5 Å². The second kappa shape index (κ2) is 6.86. The molecule has 2 rings (SSSR count). The first kappa shape index (κ1) is 15.0. The van der Waals surface area contributed by atoms with Crippen molar-refractivity contribution >= 4 is 5.91 Å². The molecule has 1 fully saturated rings. The highest BCUT2D eigenvalue weighted by Crippen LogP contribution is 2.24. The predicted octanol–water partition coefficient (Wildman–Crippen LogP) is 1.14. The Balaban J connectivity index is 1.67. The van der Waals surface area contributed by atoms with Gasteiger partial charge < -0.3 is 16.2 Å². The molecule has 0 radical (unpaired) electrons. The molecule has 0 aromatic heterocycles. The Morgan fingerprint density at radius 3 is 2.90 bits per heavy atom. The molecule has 4 heteroatoms. The molecule has 20 heavy (non-hydrogen) atoms. The zero-order valence-corrected chi connectivity index (χ0v) is 12.0. The van der Waals surface area contributed by atoms with Gasteiger partial charge >= 0.3 is 0 Å². The third-order valence-corrected chi connectivity index (χ3v) is 3.97. The van der Waals surface area contributed by atoms with Crippen LogP contribution in [0.3, 0.4) is 0 Å². The molecule has 3 atom stereocenters. The number of aliphatic hydroxyl groups excluding tert-OH is 1. The molecular weight excluding hydrogens is 252 g/mol. The molecule has 0 aliphatic heterocycles. The fraction of sp³-hybridized carbons (Fsp3) is 0.562. The van der Waals surface area contributed by atoms with Crippen LogP contribution in [0.1, 0.15) is 30.4 Å². The monoisotopic (exact) mass is 276 g/mol. The van der Waals surface area contributed by atoms with Gasteiger partial charge in [0, 0.05) is 18.5 Å². The first-order valence-corrected chi connectivity index (χ1v) is 7.33. The maximum atomic E-state index is 11.9. The smallest absolute Gasteiger partial charge is 0.223 e. The molecule has 1 aliphatic carbocycles. The van der Waals surface area contributed by atoms with Crippen molar-refractivity contribution in [3.05, 3.63) is 35.4 Å². The van der Waals surface area contributed by atoms with Crippen LogP contribution in [-0.4, -0.2) is 29.7 Å². The van der Waals surface area contributed by atoms with Gasteiger partial charge in [0.2, 0.25) is 5.91 Å². The van der Waals surface area contributed by atoms with Gasteiger partial charge in [0.1, 0.15) is 0 Å². The van der Waals surface area contributed by atoms with E-state index < -0.39 is 6.10 Å². The minimum Gasteiger partial charge on any atom is -0.391 e. The van der Waals surface area contributed by atoms with Crippen molar-refractivity contribution in [2.24, 2.45) is 11.7 Å². The van der Waals surface area contributed by atoms with Gasteiger partial charge in [0.25, 0.3) is 0 Å². The topological polar surface area (TPSA) is 75.4 Å². The third-order valence-electron chi connectivity index (χ3n) is 3.97. The Bertz CT molecular complexity index is 452. The van der Waals surface area contributed by atoms with Gasteiger partial charge in [-0.25, -0.2) is 0 Å². The van der Waals surface area contributed by atoms with Gasteiger partial charge in [-0.2, -0.15) is 0 Å². The van der Waals surface area contributed by atoms with Crippen molar-refractivity contribution in [3.8, 4) is 0 Å². The molecular formula is C16H24N2O2. The van der Waals surface area contributed by atoms with Gasteiger partial charge in [-0.3, -0.25) is 4.79 Å². The van der Waals surface area contributed by atoms with E-state index >= 15 is 0 Å². The summed E-state index contributed by atoms with van der Waals surface area (Å²) >= 11 is 0. The number of nitrogens with one attached hydrogen (secondary N) is 1. The Hall–Kier alpha value is -1.39. The predicted molar refractivity (Wildman–Crippen MR) is 79.2 cm³/mol. The SMILES string of the molecule is Cc1cccc(CCCNC(=O)[C@H]2C[C@@H](N)[C@H](O)C2)c1. The number of hydrogen-bond donors (Lipinski definition) is 3. The Morgan fingerprint density at radius 1 is 1.45 bits per heavy atom. The van der Waals surface area contributed by atoms with E-state index in [9.17, 15) is 9.90 Å². The van der Waals surface area contributed by atoms with Crippen LogP contribution >= 0.6 is 0 Å². The van der Waals surface area contributed by atoms with Crippen molar-refractivity contribution < 1.29 is 9.90 Å². The number of benzene rings is 1. The summed E-state index contributed by atoms with van der Waals surface area (Å²) in [5.74, 6) is -0.0970. The first-order chi connectivity index (χ1) is 9.56. The zero-order chi connectivity index (χ0) is 14.5. The van der Waals surface area contributed by atoms with Crippen LogP contribution in [0.5, 0.6) is 0 Å². The molecule has 1 amide bonds. The number of aliphatic hydroxyl groups is 1. The number of carbonyl (C=O) groups is 1. The van der Waals surface area contributed by atoms with Crippen molar-refractivity contribution in [2.75, 3.05) is 6.54 Å². The van der Waals surface area contributed by atoms with Crippen molar-refractivity contribution in [2.45, 2.75) is 44.8 Å². The van der Waals surface area contributed by atoms with E-state index in [1.165, 1.54) is 11.1 Å². The third kappa shape index (κ3) is 4.05. The average Bonchev–Trinajstić information content (AvgIpc) is 2.75. The fourth-order valence-electron chi connectivity index (χ4n) is 2.78. The van der Waals surface area contributed by atoms with E-state index in [0.29, 0.717) is 19.4 Å². The van der Waals surface area contributed by atoms with Crippen LogP contribution in [0, 0.1) is 12.8 Å². The van der Waals surface area contributed by atoms with Crippen LogP contribution < -0.4 is 11.1 Å². The molecule has 4 nitrogen and oxygen atoms in total. The molecule has 0 bridgehead atoms. The molecule has 1 aromatic rings. The van der Waals surface area contributed by atoms with Crippen LogP contribution in [0.25, 0.3) is 0 Å². The molecule has 1 aromatic carbocycles. The highest BCUT2D eigenvalue weighted by atomic mass is 16.3. The molecule has 0 spiro atoms. The summed E-state index contributed by atoms with van der Waals surface area (Å²) in [5, 5.41) is 12.5.